The van der Waals surface area contributed by atoms with E-state index in [0.29, 0.717) is 18.2 Å². The zero-order valence-electron chi connectivity index (χ0n) is 13.3. The molecule has 2 aromatic rings. The monoisotopic (exact) mass is 288 g/mol. The van der Waals surface area contributed by atoms with Crippen LogP contribution < -0.4 is 4.74 Å². The van der Waals surface area contributed by atoms with Gasteiger partial charge in [-0.3, -0.25) is 4.79 Å². The summed E-state index contributed by atoms with van der Waals surface area (Å²) in [6.45, 7) is 7.18. The zero-order chi connectivity index (χ0) is 15.4. The van der Waals surface area contributed by atoms with Crippen molar-refractivity contribution >= 4 is 16.9 Å². The molecule has 0 aliphatic rings. The summed E-state index contributed by atoms with van der Waals surface area (Å²) in [5.74, 6) is 0.404. The van der Waals surface area contributed by atoms with Crippen molar-refractivity contribution in [1.82, 2.24) is 9.88 Å². The highest BCUT2D eigenvalue weighted by atomic mass is 16.5. The normalized spacial score (nSPS) is 11.5. The third kappa shape index (κ3) is 3.64. The molecule has 114 valence electrons. The molecule has 0 amide bonds. The maximum atomic E-state index is 11.5. The number of carbonyl (C=O) groups is 1. The second-order valence-electron chi connectivity index (χ2n) is 5.64. The highest BCUT2D eigenvalue weighted by molar-refractivity contribution is 5.90. The van der Waals surface area contributed by atoms with Gasteiger partial charge >= 0.3 is 5.97 Å². The highest BCUT2D eigenvalue weighted by Crippen LogP contribution is 2.28. The number of benzene rings is 1. The van der Waals surface area contributed by atoms with E-state index in [4.69, 9.17) is 4.74 Å². The van der Waals surface area contributed by atoms with Crippen LogP contribution in [0, 0.1) is 0 Å². The van der Waals surface area contributed by atoms with E-state index in [1.54, 1.807) is 6.92 Å². The Morgan fingerprint density at radius 2 is 2.14 bits per heavy atom. The number of hydrogen-bond donors (Lipinski definition) is 1. The van der Waals surface area contributed by atoms with Crippen molar-refractivity contribution in [2.75, 3.05) is 13.6 Å². The van der Waals surface area contributed by atoms with Crippen LogP contribution in [0.4, 0.5) is 0 Å². The van der Waals surface area contributed by atoms with Gasteiger partial charge in [-0.15, -0.1) is 0 Å². The Balaban J connectivity index is 2.20. The Kier molecular flexibility index (Phi) is 5.02. The molecule has 0 atom stereocenters. The molecule has 1 heterocycles. The summed E-state index contributed by atoms with van der Waals surface area (Å²) in [5.41, 5.74) is 2.16. The largest absolute Gasteiger partial charge is 0.424 e. The smallest absolute Gasteiger partial charge is 0.310 e. The number of carbonyl (C=O) groups excluding carboxylic acids is 1. The maximum Gasteiger partial charge on any atom is 0.310 e. The molecule has 0 aliphatic carbocycles. The first-order valence-electron chi connectivity index (χ1n) is 7.52. The van der Waals surface area contributed by atoms with Crippen molar-refractivity contribution in [3.8, 4) is 5.75 Å². The number of aromatic nitrogens is 1. The molecule has 0 spiro atoms. The fourth-order valence-electron chi connectivity index (χ4n) is 2.23. The SMILES string of the molecule is CCC(=O)Oc1cccc2c(CCN(C)C(C)C)c[nH]c12. The van der Waals surface area contributed by atoms with Crippen molar-refractivity contribution in [1.29, 1.82) is 0 Å². The van der Waals surface area contributed by atoms with Crippen LogP contribution in [0.2, 0.25) is 0 Å². The maximum absolute atomic E-state index is 11.5. The Morgan fingerprint density at radius 3 is 2.81 bits per heavy atom. The Bertz CT molecular complexity index is 616. The minimum Gasteiger partial charge on any atom is -0.424 e. The van der Waals surface area contributed by atoms with E-state index in [1.807, 2.05) is 18.3 Å². The number of nitrogens with one attached hydrogen (secondary N) is 1. The quantitative estimate of drug-likeness (QED) is 0.655. The standard InChI is InChI=1S/C17H24N2O2/c1-5-16(20)21-15-8-6-7-14-13(11-18-17(14)15)9-10-19(4)12(2)3/h6-8,11-12,18H,5,9-10H2,1-4H3. The Labute approximate surface area is 126 Å². The van der Waals surface area contributed by atoms with Gasteiger partial charge in [0.25, 0.3) is 0 Å². The van der Waals surface area contributed by atoms with Crippen molar-refractivity contribution in [2.24, 2.45) is 0 Å². The lowest BCUT2D eigenvalue weighted by Gasteiger charge is -2.20. The van der Waals surface area contributed by atoms with Crippen molar-refractivity contribution in [2.45, 2.75) is 39.7 Å². The zero-order valence-corrected chi connectivity index (χ0v) is 13.3. The first-order chi connectivity index (χ1) is 10.0. The van der Waals surface area contributed by atoms with E-state index < -0.39 is 0 Å². The molecule has 0 saturated carbocycles. The highest BCUT2D eigenvalue weighted by Gasteiger charge is 2.12. The van der Waals surface area contributed by atoms with Gasteiger partial charge < -0.3 is 14.6 Å². The van der Waals surface area contributed by atoms with E-state index in [9.17, 15) is 4.79 Å². The molecular formula is C17H24N2O2. The number of aromatic amines is 1. The topological polar surface area (TPSA) is 45.3 Å². The van der Waals surface area contributed by atoms with Crippen LogP contribution in [-0.4, -0.2) is 35.5 Å². The lowest BCUT2D eigenvalue weighted by atomic mass is 10.1. The Morgan fingerprint density at radius 1 is 1.38 bits per heavy atom. The van der Waals surface area contributed by atoms with Gasteiger partial charge in [-0.2, -0.15) is 0 Å². The predicted molar refractivity (Wildman–Crippen MR) is 85.7 cm³/mol. The fourth-order valence-corrected chi connectivity index (χ4v) is 2.23. The van der Waals surface area contributed by atoms with Gasteiger partial charge in [0.1, 0.15) is 0 Å². The van der Waals surface area contributed by atoms with Gasteiger partial charge in [0.05, 0.1) is 5.52 Å². The van der Waals surface area contributed by atoms with Crippen molar-refractivity contribution in [3.63, 3.8) is 0 Å². The molecule has 0 unspecified atom stereocenters. The molecule has 0 aliphatic heterocycles. The lowest BCUT2D eigenvalue weighted by molar-refractivity contribution is -0.133. The average molecular weight is 288 g/mol. The first kappa shape index (κ1) is 15.6. The van der Waals surface area contributed by atoms with Crippen LogP contribution in [-0.2, 0) is 11.2 Å². The summed E-state index contributed by atoms with van der Waals surface area (Å²) >= 11 is 0. The number of para-hydroxylation sites is 1. The van der Waals surface area contributed by atoms with Gasteiger partial charge in [0.2, 0.25) is 0 Å². The molecule has 1 N–H and O–H groups in total. The number of hydrogen-bond acceptors (Lipinski definition) is 3. The van der Waals surface area contributed by atoms with Crippen LogP contribution in [0.25, 0.3) is 10.9 Å². The summed E-state index contributed by atoms with van der Waals surface area (Å²) in [4.78, 5) is 17.0. The first-order valence-corrected chi connectivity index (χ1v) is 7.52. The second-order valence-corrected chi connectivity index (χ2v) is 5.64. The minimum atomic E-state index is -0.210. The number of fused-ring (bicyclic) bond motifs is 1. The molecule has 4 nitrogen and oxygen atoms in total. The molecule has 21 heavy (non-hydrogen) atoms. The molecule has 0 saturated heterocycles. The number of H-pyrrole nitrogens is 1. The van der Waals surface area contributed by atoms with Gasteiger partial charge in [0, 0.05) is 30.6 Å². The van der Waals surface area contributed by atoms with E-state index in [-0.39, 0.29) is 5.97 Å². The van der Waals surface area contributed by atoms with Gasteiger partial charge in [-0.25, -0.2) is 0 Å². The van der Waals surface area contributed by atoms with Crippen molar-refractivity contribution < 1.29 is 9.53 Å². The lowest BCUT2D eigenvalue weighted by Crippen LogP contribution is -2.28. The van der Waals surface area contributed by atoms with Crippen LogP contribution >= 0.6 is 0 Å². The number of ether oxygens (including phenoxy) is 1. The van der Waals surface area contributed by atoms with Gasteiger partial charge in [-0.05, 0) is 38.9 Å². The summed E-state index contributed by atoms with van der Waals surface area (Å²) < 4.78 is 5.37. The number of esters is 1. The third-order valence-corrected chi connectivity index (χ3v) is 3.89. The molecule has 0 bridgehead atoms. The molecular weight excluding hydrogens is 264 g/mol. The van der Waals surface area contributed by atoms with E-state index in [2.05, 4.69) is 36.8 Å². The van der Waals surface area contributed by atoms with Crippen LogP contribution in [0.15, 0.2) is 24.4 Å². The number of likely N-dealkylation sites (N-methyl/N-ethyl adjacent to an activating group) is 1. The van der Waals surface area contributed by atoms with Crippen LogP contribution in [0.5, 0.6) is 5.75 Å². The summed E-state index contributed by atoms with van der Waals surface area (Å²) in [6.07, 6.45) is 3.37. The Hall–Kier alpha value is -1.81. The molecule has 1 aromatic carbocycles. The van der Waals surface area contributed by atoms with Gasteiger partial charge in [-0.1, -0.05) is 19.1 Å². The second kappa shape index (κ2) is 6.76. The summed E-state index contributed by atoms with van der Waals surface area (Å²) in [6, 6.07) is 6.37. The van der Waals surface area contributed by atoms with E-state index >= 15 is 0 Å². The van der Waals surface area contributed by atoms with E-state index in [0.717, 1.165) is 23.9 Å². The van der Waals surface area contributed by atoms with Gasteiger partial charge in [0.15, 0.2) is 5.75 Å². The minimum absolute atomic E-state index is 0.210. The summed E-state index contributed by atoms with van der Waals surface area (Å²) in [7, 11) is 2.13. The van der Waals surface area contributed by atoms with Crippen molar-refractivity contribution in [3.05, 3.63) is 30.0 Å². The molecule has 0 radical (unpaired) electrons. The predicted octanol–water partition coefficient (Wildman–Crippen LogP) is 3.37. The number of nitrogens with zero attached hydrogens (tertiary/aromatic N) is 1. The average Bonchev–Trinajstić information content (AvgIpc) is 2.88. The number of rotatable bonds is 6. The van der Waals surface area contributed by atoms with Crippen LogP contribution in [0.3, 0.4) is 0 Å². The van der Waals surface area contributed by atoms with E-state index in [1.165, 1.54) is 5.56 Å². The third-order valence-electron chi connectivity index (χ3n) is 3.89. The molecule has 1 aromatic heterocycles. The van der Waals surface area contributed by atoms with Crippen LogP contribution in [0.1, 0.15) is 32.8 Å². The molecule has 0 fully saturated rings. The summed E-state index contributed by atoms with van der Waals surface area (Å²) in [5, 5.41) is 1.13. The molecule has 2 rings (SSSR count). The fraction of sp³-hybridized carbons (Fsp3) is 0.471. The molecule has 4 heteroatoms.